The van der Waals surface area contributed by atoms with Crippen LogP contribution in [-0.4, -0.2) is 19.0 Å². The maximum atomic E-state index is 12.2. The lowest BCUT2D eigenvalue weighted by atomic mass is 10.1. The number of fused-ring (bicyclic) bond motifs is 2. The van der Waals surface area contributed by atoms with Gasteiger partial charge in [0.15, 0.2) is 0 Å². The summed E-state index contributed by atoms with van der Waals surface area (Å²) < 4.78 is 4.50. The first kappa shape index (κ1) is 14.9. The average molecular weight is 310 g/mol. The maximum absolute atomic E-state index is 12.2. The van der Waals surface area contributed by atoms with E-state index in [1.54, 1.807) is 0 Å². The molecule has 1 amide bonds. The highest BCUT2D eigenvalue weighted by atomic mass is 32.2. The van der Waals surface area contributed by atoms with Crippen molar-refractivity contribution in [2.24, 2.45) is 4.36 Å². The number of nitrogens with zero attached hydrogens (tertiary/aromatic N) is 1. The van der Waals surface area contributed by atoms with E-state index in [1.807, 2.05) is 31.2 Å². The number of carbonyl (C=O) groups is 1. The Bertz CT molecular complexity index is 714. The van der Waals surface area contributed by atoms with Crippen LogP contribution in [0, 0.1) is 0 Å². The number of likely N-dealkylation sites (N-methyl/N-ethyl adjacent to an activating group) is 1. The van der Waals surface area contributed by atoms with Gasteiger partial charge in [0.1, 0.15) is 0 Å². The Labute approximate surface area is 133 Å². The summed E-state index contributed by atoms with van der Waals surface area (Å²) in [5.41, 5.74) is 2.25. The predicted molar refractivity (Wildman–Crippen MR) is 91.7 cm³/mol. The van der Waals surface area contributed by atoms with Crippen molar-refractivity contribution in [1.29, 1.82) is 0 Å². The fourth-order valence-electron chi connectivity index (χ4n) is 2.35. The number of benzene rings is 2. The molecule has 3 rings (SSSR count). The zero-order chi connectivity index (χ0) is 15.4. The van der Waals surface area contributed by atoms with E-state index in [-0.39, 0.29) is 12.5 Å². The molecule has 3 nitrogen and oxygen atoms in total. The molecular formula is C18H18N2OS. The van der Waals surface area contributed by atoms with Crippen LogP contribution in [0.4, 0.5) is 0 Å². The third-order valence-electron chi connectivity index (χ3n) is 3.42. The third-order valence-corrected chi connectivity index (χ3v) is 5.38. The smallest absolute Gasteiger partial charge is 0.266 e. The Hall–Kier alpha value is -2.04. The van der Waals surface area contributed by atoms with Crippen LogP contribution in [0.2, 0.25) is 0 Å². The second-order valence-corrected chi connectivity index (χ2v) is 6.59. The van der Waals surface area contributed by atoms with Crippen LogP contribution in [0.1, 0.15) is 18.1 Å². The van der Waals surface area contributed by atoms with Gasteiger partial charge in [-0.3, -0.25) is 4.79 Å². The Morgan fingerprint density at radius 1 is 1.00 bits per heavy atom. The monoisotopic (exact) mass is 310 g/mol. The van der Waals surface area contributed by atoms with Crippen LogP contribution < -0.4 is 5.32 Å². The van der Waals surface area contributed by atoms with Crippen molar-refractivity contribution in [3.63, 3.8) is 0 Å². The van der Waals surface area contributed by atoms with Crippen molar-refractivity contribution in [3.8, 4) is 0 Å². The van der Waals surface area contributed by atoms with Crippen molar-refractivity contribution in [2.45, 2.75) is 16.7 Å². The Kier molecular flexibility index (Phi) is 4.61. The standard InChI is InChI=1S/C18H18N2OS/c1-2-19-13-18(21)20-22-16-9-5-3-7-14(16)11-12-15-8-4-6-10-17(15)22/h3-12,19H,2,13H2,1H3. The summed E-state index contributed by atoms with van der Waals surface area (Å²) in [5.74, 6) is -0.100. The van der Waals surface area contributed by atoms with Crippen molar-refractivity contribution in [1.82, 2.24) is 5.32 Å². The summed E-state index contributed by atoms with van der Waals surface area (Å²) in [7, 11) is -0.572. The highest BCUT2D eigenvalue weighted by molar-refractivity contribution is 7.88. The lowest BCUT2D eigenvalue weighted by molar-refractivity contribution is -0.116. The number of nitrogens with one attached hydrogen (secondary N) is 1. The Morgan fingerprint density at radius 3 is 2.09 bits per heavy atom. The molecule has 112 valence electrons. The summed E-state index contributed by atoms with van der Waals surface area (Å²) in [5, 5.41) is 3.05. The summed E-state index contributed by atoms with van der Waals surface area (Å²) >= 11 is 0. The molecule has 0 radical (unpaired) electrons. The molecule has 4 heteroatoms. The zero-order valence-corrected chi connectivity index (χ0v) is 13.3. The van der Waals surface area contributed by atoms with Gasteiger partial charge in [-0.2, -0.15) is 4.36 Å². The molecular weight excluding hydrogens is 292 g/mol. The van der Waals surface area contributed by atoms with Crippen molar-refractivity contribution in [2.75, 3.05) is 13.1 Å². The second-order valence-electron chi connectivity index (χ2n) is 4.96. The molecule has 2 aromatic rings. The van der Waals surface area contributed by atoms with E-state index in [4.69, 9.17) is 0 Å². The minimum absolute atomic E-state index is 0.100. The summed E-state index contributed by atoms with van der Waals surface area (Å²) in [6.45, 7) is 3.04. The van der Waals surface area contributed by atoms with Crippen LogP contribution in [0.15, 0.2) is 62.7 Å². The second kappa shape index (κ2) is 6.81. The van der Waals surface area contributed by atoms with Gasteiger partial charge in [-0.25, -0.2) is 0 Å². The van der Waals surface area contributed by atoms with Gasteiger partial charge in [0.05, 0.1) is 6.54 Å². The largest absolute Gasteiger partial charge is 0.309 e. The number of hydrogen-bond acceptors (Lipinski definition) is 2. The zero-order valence-electron chi connectivity index (χ0n) is 12.5. The molecule has 0 aliphatic carbocycles. The summed E-state index contributed by atoms with van der Waals surface area (Å²) in [6.07, 6.45) is 4.21. The first-order chi connectivity index (χ1) is 10.8. The van der Waals surface area contributed by atoms with Crippen LogP contribution in [0.25, 0.3) is 12.2 Å². The van der Waals surface area contributed by atoms with Crippen molar-refractivity contribution < 1.29 is 4.79 Å². The molecule has 0 saturated carbocycles. The minimum Gasteiger partial charge on any atom is -0.309 e. The van der Waals surface area contributed by atoms with Crippen LogP contribution in [0.3, 0.4) is 0 Å². The van der Waals surface area contributed by atoms with Gasteiger partial charge in [0.2, 0.25) is 0 Å². The average Bonchev–Trinajstić information content (AvgIpc) is 2.71. The molecule has 0 atom stereocenters. The van der Waals surface area contributed by atoms with Gasteiger partial charge >= 0.3 is 0 Å². The molecule has 1 aliphatic rings. The topological polar surface area (TPSA) is 41.5 Å². The number of rotatable bonds is 3. The quantitative estimate of drug-likeness (QED) is 0.804. The molecule has 0 unspecified atom stereocenters. The van der Waals surface area contributed by atoms with E-state index in [2.05, 4.69) is 46.1 Å². The van der Waals surface area contributed by atoms with E-state index in [0.717, 1.165) is 27.5 Å². The molecule has 1 N–H and O–H groups in total. The molecule has 0 fully saturated rings. The molecule has 2 aromatic carbocycles. The van der Waals surface area contributed by atoms with E-state index in [0.29, 0.717) is 0 Å². The van der Waals surface area contributed by atoms with E-state index < -0.39 is 10.7 Å². The van der Waals surface area contributed by atoms with Crippen molar-refractivity contribution >= 4 is 28.8 Å². The van der Waals surface area contributed by atoms with Gasteiger partial charge in [0.25, 0.3) is 5.91 Å². The predicted octanol–water partition coefficient (Wildman–Crippen LogP) is 3.53. The van der Waals surface area contributed by atoms with Gasteiger partial charge < -0.3 is 5.32 Å². The summed E-state index contributed by atoms with van der Waals surface area (Å²) in [4.78, 5) is 14.4. The van der Waals surface area contributed by atoms with Crippen LogP contribution >= 0.6 is 0 Å². The Balaban J connectivity index is 2.13. The molecule has 22 heavy (non-hydrogen) atoms. The van der Waals surface area contributed by atoms with Gasteiger partial charge in [-0.05, 0) is 40.5 Å². The normalized spacial score (nSPS) is 13.1. The van der Waals surface area contributed by atoms with E-state index >= 15 is 0 Å². The van der Waals surface area contributed by atoms with Crippen LogP contribution in [-0.2, 0) is 15.5 Å². The maximum Gasteiger partial charge on any atom is 0.266 e. The first-order valence-electron chi connectivity index (χ1n) is 7.35. The molecule has 0 spiro atoms. The third kappa shape index (κ3) is 3.08. The molecule has 0 bridgehead atoms. The number of carbonyl (C=O) groups excluding carboxylic acids is 1. The highest BCUT2D eigenvalue weighted by Crippen LogP contribution is 2.30. The fourth-order valence-corrected chi connectivity index (χ4v) is 4.19. The first-order valence-corrected chi connectivity index (χ1v) is 8.53. The van der Waals surface area contributed by atoms with Gasteiger partial charge in [-0.15, -0.1) is 0 Å². The van der Waals surface area contributed by atoms with Crippen LogP contribution in [0.5, 0.6) is 0 Å². The van der Waals surface area contributed by atoms with E-state index in [1.165, 1.54) is 0 Å². The molecule has 0 saturated heterocycles. The minimum atomic E-state index is -0.572. The lowest BCUT2D eigenvalue weighted by Crippen LogP contribution is -2.21. The van der Waals surface area contributed by atoms with Gasteiger partial charge in [-0.1, -0.05) is 55.5 Å². The van der Waals surface area contributed by atoms with Gasteiger partial charge in [0, 0.05) is 9.79 Å². The fraction of sp³-hybridized carbons (Fsp3) is 0.167. The highest BCUT2D eigenvalue weighted by Gasteiger charge is 2.16. The molecule has 1 aliphatic heterocycles. The number of amides is 1. The lowest BCUT2D eigenvalue weighted by Gasteiger charge is -2.11. The summed E-state index contributed by atoms with van der Waals surface area (Å²) in [6, 6.07) is 16.3. The Morgan fingerprint density at radius 2 is 1.55 bits per heavy atom. The molecule has 1 heterocycles. The van der Waals surface area contributed by atoms with Crippen molar-refractivity contribution in [3.05, 3.63) is 59.7 Å². The SMILES string of the molecule is CCNCC(=O)N=S1c2ccccc2C=Cc2ccccc21. The van der Waals surface area contributed by atoms with E-state index in [9.17, 15) is 4.79 Å². The number of hydrogen-bond donors (Lipinski definition) is 1. The molecule has 0 aromatic heterocycles.